The first-order valence-electron chi connectivity index (χ1n) is 43.5. The predicted octanol–water partition coefficient (Wildman–Crippen LogP) is 13.0. The van der Waals surface area contributed by atoms with Crippen LogP contribution < -0.4 is 61.4 Å². The molecule has 2 heterocycles. The Morgan fingerprint density at radius 1 is 0.509 bits per heavy atom. The van der Waals surface area contributed by atoms with Gasteiger partial charge in [-0.15, -0.1) is 0 Å². The van der Waals surface area contributed by atoms with Crippen molar-refractivity contribution in [3.63, 3.8) is 0 Å². The number of benzene rings is 1. The van der Waals surface area contributed by atoms with E-state index in [1.807, 2.05) is 0 Å². The summed E-state index contributed by atoms with van der Waals surface area (Å²) in [5.74, 6) is -6.18. The highest BCUT2D eigenvalue weighted by atomic mass is 32.2. The van der Waals surface area contributed by atoms with E-state index < -0.39 is 90.0 Å². The molecule has 0 saturated carbocycles. The Morgan fingerprint density at radius 2 is 0.938 bits per heavy atom. The molecule has 112 heavy (non-hydrogen) atoms. The van der Waals surface area contributed by atoms with Crippen LogP contribution in [0.3, 0.4) is 0 Å². The minimum absolute atomic E-state index is 0.0694. The fraction of sp³-hybridized carbons (Fsp3) is 0.776. The highest BCUT2D eigenvalue weighted by Gasteiger charge is 2.34. The van der Waals surface area contributed by atoms with Crippen molar-refractivity contribution in [1.29, 1.82) is 0 Å². The number of amides is 3. The number of nitrogens with zero attached hydrogens (tertiary/aromatic N) is 3. The zero-order valence-corrected chi connectivity index (χ0v) is 69.9. The molecule has 3 rings (SSSR count). The van der Waals surface area contributed by atoms with E-state index >= 15 is 0 Å². The van der Waals surface area contributed by atoms with Gasteiger partial charge in [0.1, 0.15) is 18.2 Å². The normalized spacial score (nSPS) is 13.4. The van der Waals surface area contributed by atoms with Crippen molar-refractivity contribution < 1.29 is 52.9 Å². The van der Waals surface area contributed by atoms with E-state index in [0.717, 1.165) is 56.9 Å². The van der Waals surface area contributed by atoms with Gasteiger partial charge >= 0.3 is 17.6 Å². The molecule has 1 aromatic carbocycles. The number of ketones is 3. The van der Waals surface area contributed by atoms with E-state index in [0.29, 0.717) is 126 Å². The number of carbonyl (C=O) groups excluding carboxylic acids is 8. The van der Waals surface area contributed by atoms with Gasteiger partial charge in [-0.05, 0) is 127 Å². The Labute approximate surface area is 674 Å². The van der Waals surface area contributed by atoms with Crippen LogP contribution in [-0.2, 0) is 54.4 Å². The lowest BCUT2D eigenvalue weighted by atomic mass is 9.88. The van der Waals surface area contributed by atoms with Crippen LogP contribution in [0.25, 0.3) is 11.2 Å². The number of imidazole rings is 1. The number of aliphatic hydroxyl groups is 1. The van der Waals surface area contributed by atoms with Gasteiger partial charge in [-0.25, -0.2) is 4.79 Å². The first-order chi connectivity index (χ1) is 54.4. The number of carbonyl (C=O) groups is 8. The Bertz CT molecular complexity index is 3120. The number of fused-ring (bicyclic) bond motifs is 1. The first-order valence-corrected chi connectivity index (χ1v) is 44.7. The van der Waals surface area contributed by atoms with Gasteiger partial charge < -0.3 is 75.2 Å². The second kappa shape index (κ2) is 63.9. The number of rotatable bonds is 74. The number of hydrogen-bond acceptors (Lipinski definition) is 22. The first kappa shape index (κ1) is 99.8. The highest BCUT2D eigenvalue weighted by Crippen LogP contribution is 2.26. The van der Waals surface area contributed by atoms with Gasteiger partial charge in [0.2, 0.25) is 23.7 Å². The summed E-state index contributed by atoms with van der Waals surface area (Å²) in [5.41, 5.74) is 37.7. The standard InChI is InChI=1S/C85H150N14O12S/c1-4-7-10-12-14-16-18-20-22-23-25-27-29-31-45-76(104)110-61-69(111-77(105)46-32-30-28-26-24-21-19-17-15-13-11-8-5-2)62-112-63-70(90)73(101)58-67(60-100)83(108)95-72(44-36-40-54-89)75(103)57-66(42-34-38-52-87)82(107)94-71(43-35-39-53-88)74(102)56-65(41-33-37-51-86)81(106)93-68-49-47-64(48-50-68)59-99-80-78(96-85(99)109)79(91)97-84(98-80)92-55-9-6-3/h47-50,65-67,69-72,100H,4-46,51-63,86-90H2,1-3H3,(H,93,106)(H,94,107)(H,95,108)(H,96,109)(H3,91,92,97,98)/t65-,66-,67+,69?,70+,71+,72+/m1/s1. The number of aromatic amines is 1. The molecule has 3 amide bonds. The van der Waals surface area contributed by atoms with Crippen molar-refractivity contribution >= 4 is 87.4 Å². The Kier molecular flexibility index (Phi) is 56.9. The van der Waals surface area contributed by atoms with E-state index in [1.54, 1.807) is 24.3 Å². The summed E-state index contributed by atoms with van der Waals surface area (Å²) in [6.45, 7) is 7.79. The lowest BCUT2D eigenvalue weighted by Crippen LogP contribution is -2.48. The molecule has 638 valence electrons. The molecule has 3 aromatic rings. The number of nitrogen functional groups attached to an aromatic ring is 1. The smallest absolute Gasteiger partial charge is 0.328 e. The number of H-pyrrole nitrogens is 1. The number of nitrogens with one attached hydrogen (secondary N) is 5. The van der Waals surface area contributed by atoms with Crippen molar-refractivity contribution in [1.82, 2.24) is 30.2 Å². The van der Waals surface area contributed by atoms with E-state index in [1.165, 1.54) is 138 Å². The zero-order valence-electron chi connectivity index (χ0n) is 69.1. The van der Waals surface area contributed by atoms with Gasteiger partial charge in [-0.2, -0.15) is 21.7 Å². The van der Waals surface area contributed by atoms with Crippen LogP contribution in [0.4, 0.5) is 17.5 Å². The van der Waals surface area contributed by atoms with Crippen LogP contribution in [0.5, 0.6) is 0 Å². The molecule has 1 unspecified atom stereocenters. The number of Topliss-reactive ketones (excluding diaryl/α,β-unsaturated/α-hetero) is 3. The Balaban J connectivity index is 1.68. The number of unbranched alkanes of at least 4 members (excludes halogenated alkanes) is 30. The number of hydrogen-bond donors (Lipinski definition) is 12. The number of aliphatic hydroxyl groups excluding tert-OH is 1. The Hall–Kier alpha value is -6.36. The maximum Gasteiger partial charge on any atom is 0.328 e. The molecule has 0 radical (unpaired) electrons. The number of aromatic nitrogens is 4. The molecule has 26 nitrogen and oxygen atoms in total. The summed E-state index contributed by atoms with van der Waals surface area (Å²) < 4.78 is 13.1. The topological polar surface area (TPSA) is 443 Å². The van der Waals surface area contributed by atoms with Gasteiger partial charge in [0.25, 0.3) is 0 Å². The number of nitrogens with two attached hydrogens (primary N) is 6. The minimum Gasteiger partial charge on any atom is -0.462 e. The average Bonchev–Trinajstić information content (AvgIpc) is 1.63. The molecule has 0 bridgehead atoms. The maximum atomic E-state index is 14.6. The molecule has 18 N–H and O–H groups in total. The summed E-state index contributed by atoms with van der Waals surface area (Å²) >= 11 is 1.25. The molecule has 0 aliphatic rings. The molecule has 2 aromatic heterocycles. The maximum absolute atomic E-state index is 14.6. The molecule has 7 atom stereocenters. The van der Waals surface area contributed by atoms with Gasteiger partial charge in [0.05, 0.1) is 37.2 Å². The molecule has 0 fully saturated rings. The molecular formula is C85H150N14O12S. The van der Waals surface area contributed by atoms with E-state index in [-0.39, 0.29) is 93.1 Å². The second-order valence-corrected chi connectivity index (χ2v) is 32.0. The number of ether oxygens (including phenoxy) is 2. The fourth-order valence-electron chi connectivity index (χ4n) is 13.9. The largest absolute Gasteiger partial charge is 0.462 e. The Morgan fingerprint density at radius 3 is 1.40 bits per heavy atom. The third kappa shape index (κ3) is 44.5. The van der Waals surface area contributed by atoms with Crippen molar-refractivity contribution in [2.24, 2.45) is 46.4 Å². The average molecular weight is 1590 g/mol. The third-order valence-electron chi connectivity index (χ3n) is 21.0. The number of thioether (sulfide) groups is 1. The lowest BCUT2D eigenvalue weighted by molar-refractivity contribution is -0.157. The van der Waals surface area contributed by atoms with Gasteiger partial charge in [-0.1, -0.05) is 213 Å². The van der Waals surface area contributed by atoms with Crippen LogP contribution in [-0.4, -0.2) is 153 Å². The van der Waals surface area contributed by atoms with E-state index in [2.05, 4.69) is 57.0 Å². The molecule has 0 aliphatic heterocycles. The van der Waals surface area contributed by atoms with Crippen LogP contribution in [0.15, 0.2) is 29.1 Å². The summed E-state index contributed by atoms with van der Waals surface area (Å²) in [4.78, 5) is 137. The number of anilines is 3. The molecule has 27 heteroatoms. The SMILES string of the molecule is CCCCCCCCCCCCCCCCC(=O)OCC(CSC[C@H](N)C(=O)C[C@@H](CO)C(=O)N[C@@H](CCCCN)C(=O)C[C@@H](CCCCN)C(=O)N[C@@H](CCCCN)C(=O)C[C@@H](CCCCN)C(=O)Nc1ccc(Cn2c(=O)[nH]c3c(N)nc(NCCCC)nc32)cc1)OC(=O)CCCCCCCCCCCCCCC. The number of esters is 2. The van der Waals surface area contributed by atoms with E-state index in [4.69, 9.17) is 43.9 Å². The quantitative estimate of drug-likeness (QED) is 0.0184. The predicted molar refractivity (Wildman–Crippen MR) is 453 cm³/mol. The van der Waals surface area contributed by atoms with Crippen molar-refractivity contribution in [2.75, 3.05) is 73.8 Å². The minimum atomic E-state index is -1.28. The summed E-state index contributed by atoms with van der Waals surface area (Å²) in [6.07, 6.45) is 37.7. The van der Waals surface area contributed by atoms with Crippen molar-refractivity contribution in [3.8, 4) is 0 Å². The zero-order chi connectivity index (χ0) is 81.8. The van der Waals surface area contributed by atoms with Crippen LogP contribution >= 0.6 is 11.8 Å². The summed E-state index contributed by atoms with van der Waals surface area (Å²) in [7, 11) is 0. The monoisotopic (exact) mass is 1590 g/mol. The molecule has 0 spiro atoms. The van der Waals surface area contributed by atoms with Gasteiger partial charge in [0, 0.05) is 67.7 Å². The fourth-order valence-corrected chi connectivity index (χ4v) is 14.9. The second-order valence-electron chi connectivity index (χ2n) is 30.9. The summed E-state index contributed by atoms with van der Waals surface area (Å²) in [5, 5.41) is 22.5. The molecular weight excluding hydrogens is 1440 g/mol. The highest BCUT2D eigenvalue weighted by molar-refractivity contribution is 7.99. The van der Waals surface area contributed by atoms with Crippen molar-refractivity contribution in [3.05, 3.63) is 40.3 Å². The van der Waals surface area contributed by atoms with Crippen LogP contribution in [0.2, 0.25) is 0 Å². The van der Waals surface area contributed by atoms with Crippen LogP contribution in [0.1, 0.15) is 322 Å². The lowest BCUT2D eigenvalue weighted by Gasteiger charge is -2.26. The third-order valence-corrected chi connectivity index (χ3v) is 22.2. The summed E-state index contributed by atoms with van der Waals surface area (Å²) in [6, 6.07) is 3.69. The molecule has 0 saturated heterocycles. The van der Waals surface area contributed by atoms with Crippen LogP contribution in [0, 0.1) is 17.8 Å². The molecule has 0 aliphatic carbocycles. The van der Waals surface area contributed by atoms with Gasteiger partial charge in [0.15, 0.2) is 28.8 Å². The van der Waals surface area contributed by atoms with E-state index in [9.17, 15) is 48.3 Å². The van der Waals surface area contributed by atoms with Crippen molar-refractivity contribution in [2.45, 2.75) is 347 Å². The van der Waals surface area contributed by atoms with Gasteiger partial charge in [-0.3, -0.25) is 42.9 Å².